The second-order valence-electron chi connectivity index (χ2n) is 6.30. The molecule has 7 heteroatoms. The lowest BCUT2D eigenvalue weighted by Gasteiger charge is -2.24. The number of hydrogen-bond acceptors (Lipinski definition) is 4. The molecular weight excluding hydrogens is 410 g/mol. The van der Waals surface area contributed by atoms with Gasteiger partial charge in [0.1, 0.15) is 5.82 Å². The summed E-state index contributed by atoms with van der Waals surface area (Å²) in [4.78, 5) is 12.4. The summed E-state index contributed by atoms with van der Waals surface area (Å²) < 4.78 is 8.20. The average molecular weight is 428 g/mol. The van der Waals surface area contributed by atoms with E-state index in [1.807, 2.05) is 37.3 Å². The third kappa shape index (κ3) is 3.30. The summed E-state index contributed by atoms with van der Waals surface area (Å²) in [5.74, 6) is 0.953. The summed E-state index contributed by atoms with van der Waals surface area (Å²) in [5, 5.41) is 17.4. The van der Waals surface area contributed by atoms with Crippen LogP contribution in [-0.4, -0.2) is 27.4 Å². The van der Waals surface area contributed by atoms with Crippen molar-refractivity contribution in [1.29, 1.82) is 0 Å². The second-order valence-corrected chi connectivity index (χ2v) is 7.22. The number of hydrogen-bond donors (Lipinski definition) is 2. The second kappa shape index (κ2) is 7.08. The van der Waals surface area contributed by atoms with Crippen LogP contribution < -0.4 is 10.1 Å². The number of nitrogens with one attached hydrogen (secondary N) is 1. The van der Waals surface area contributed by atoms with E-state index in [-0.39, 0.29) is 17.6 Å². The highest BCUT2D eigenvalue weighted by Crippen LogP contribution is 2.40. The number of phenols is 1. The highest BCUT2D eigenvalue weighted by atomic mass is 79.9. The van der Waals surface area contributed by atoms with E-state index in [0.29, 0.717) is 24.6 Å². The zero-order valence-corrected chi connectivity index (χ0v) is 16.2. The zero-order valence-electron chi connectivity index (χ0n) is 14.6. The fraction of sp³-hybridized carbons (Fsp3) is 0.200. The molecule has 1 aliphatic rings. The van der Waals surface area contributed by atoms with Gasteiger partial charge in [0.05, 0.1) is 18.5 Å². The molecule has 0 bridgehead atoms. The molecule has 0 spiro atoms. The molecule has 4 rings (SSSR count). The minimum atomic E-state index is -0.155. The Morgan fingerprint density at radius 3 is 2.81 bits per heavy atom. The first-order valence-electron chi connectivity index (χ1n) is 8.66. The lowest BCUT2D eigenvalue weighted by molar-refractivity contribution is -0.116. The topological polar surface area (TPSA) is 76.4 Å². The molecule has 1 aliphatic heterocycles. The van der Waals surface area contributed by atoms with E-state index < -0.39 is 0 Å². The summed E-state index contributed by atoms with van der Waals surface area (Å²) in [7, 11) is 0. The quantitative estimate of drug-likeness (QED) is 0.653. The van der Waals surface area contributed by atoms with Crippen molar-refractivity contribution >= 4 is 27.7 Å². The molecule has 6 nitrogen and oxygen atoms in total. The number of carbonyl (C=O) groups is 1. The van der Waals surface area contributed by atoms with E-state index in [9.17, 15) is 9.90 Å². The largest absolute Gasteiger partial charge is 0.504 e. The van der Waals surface area contributed by atoms with E-state index in [2.05, 4.69) is 26.3 Å². The molecule has 0 saturated carbocycles. The first kappa shape index (κ1) is 17.6. The third-order valence-corrected chi connectivity index (χ3v) is 5.11. The molecule has 0 radical (unpaired) electrons. The molecule has 27 heavy (non-hydrogen) atoms. The Morgan fingerprint density at radius 1 is 1.30 bits per heavy atom. The Bertz CT molecular complexity index is 998. The number of aromatic nitrogens is 2. The van der Waals surface area contributed by atoms with Crippen molar-refractivity contribution in [1.82, 2.24) is 9.78 Å². The maximum atomic E-state index is 12.4. The van der Waals surface area contributed by atoms with Crippen LogP contribution in [0.25, 0.3) is 5.69 Å². The summed E-state index contributed by atoms with van der Waals surface area (Å²) in [6.45, 7) is 2.31. The Labute approximate surface area is 164 Å². The maximum absolute atomic E-state index is 12.4. The lowest BCUT2D eigenvalue weighted by atomic mass is 9.87. The van der Waals surface area contributed by atoms with Gasteiger partial charge in [0.25, 0.3) is 0 Å². The van der Waals surface area contributed by atoms with Gasteiger partial charge in [-0.1, -0.05) is 22.0 Å². The van der Waals surface area contributed by atoms with Crippen LogP contribution in [0.15, 0.2) is 53.1 Å². The summed E-state index contributed by atoms with van der Waals surface area (Å²) in [5.41, 5.74) is 2.70. The number of fused-ring (bicyclic) bond motifs is 1. The number of anilines is 1. The number of carbonyl (C=O) groups excluding carboxylic acids is 1. The molecule has 2 heterocycles. The molecule has 1 amide bonds. The molecule has 1 atom stereocenters. The summed E-state index contributed by atoms with van der Waals surface area (Å²) in [6.07, 6.45) is 2.10. The van der Waals surface area contributed by atoms with Gasteiger partial charge in [-0.3, -0.25) is 4.79 Å². The van der Waals surface area contributed by atoms with Crippen molar-refractivity contribution in [3.8, 4) is 17.2 Å². The third-order valence-electron chi connectivity index (χ3n) is 4.58. The number of rotatable bonds is 4. The van der Waals surface area contributed by atoms with Crippen LogP contribution in [0.2, 0.25) is 0 Å². The van der Waals surface area contributed by atoms with Crippen molar-refractivity contribution in [2.75, 3.05) is 11.9 Å². The van der Waals surface area contributed by atoms with Gasteiger partial charge in [-0.15, -0.1) is 0 Å². The average Bonchev–Trinajstić information content (AvgIpc) is 3.07. The molecule has 2 aromatic carbocycles. The van der Waals surface area contributed by atoms with Crippen LogP contribution >= 0.6 is 15.9 Å². The fourth-order valence-electron chi connectivity index (χ4n) is 3.31. The van der Waals surface area contributed by atoms with Gasteiger partial charge < -0.3 is 15.2 Å². The lowest BCUT2D eigenvalue weighted by Crippen LogP contribution is -2.24. The fourth-order valence-corrected chi connectivity index (χ4v) is 3.58. The molecule has 0 unspecified atom stereocenters. The van der Waals surface area contributed by atoms with Crippen LogP contribution in [0.5, 0.6) is 11.5 Å². The Kier molecular flexibility index (Phi) is 4.61. The van der Waals surface area contributed by atoms with Crippen molar-refractivity contribution in [3.63, 3.8) is 0 Å². The van der Waals surface area contributed by atoms with E-state index >= 15 is 0 Å². The van der Waals surface area contributed by atoms with Crippen molar-refractivity contribution < 1.29 is 14.6 Å². The van der Waals surface area contributed by atoms with Gasteiger partial charge in [-0.25, -0.2) is 4.68 Å². The molecule has 0 fully saturated rings. The highest BCUT2D eigenvalue weighted by Gasteiger charge is 2.30. The van der Waals surface area contributed by atoms with Crippen molar-refractivity contribution in [2.24, 2.45) is 0 Å². The van der Waals surface area contributed by atoms with Gasteiger partial charge in [0.2, 0.25) is 5.91 Å². The SMILES string of the molecule is CCOc1cc([C@H]2CC(=O)Nc3c2cnn3-c2ccc(Br)cc2)ccc1O. The Balaban J connectivity index is 1.77. The number of benzene rings is 2. The first-order valence-corrected chi connectivity index (χ1v) is 9.45. The summed E-state index contributed by atoms with van der Waals surface area (Å²) in [6, 6.07) is 12.9. The van der Waals surface area contributed by atoms with E-state index in [0.717, 1.165) is 21.3 Å². The molecule has 0 saturated heterocycles. The van der Waals surface area contributed by atoms with Crippen LogP contribution in [0.3, 0.4) is 0 Å². The minimum absolute atomic E-state index is 0.0719. The molecule has 2 N–H and O–H groups in total. The number of halogens is 1. The van der Waals surface area contributed by atoms with Crippen LogP contribution in [0.4, 0.5) is 5.82 Å². The normalized spacial score (nSPS) is 15.9. The predicted octanol–water partition coefficient (Wildman–Crippen LogP) is 4.21. The van der Waals surface area contributed by atoms with Gasteiger partial charge in [-0.05, 0) is 48.9 Å². The van der Waals surface area contributed by atoms with E-state index in [1.165, 1.54) is 0 Å². The van der Waals surface area contributed by atoms with Gasteiger partial charge >= 0.3 is 0 Å². The van der Waals surface area contributed by atoms with Gasteiger partial charge in [-0.2, -0.15) is 5.10 Å². The first-order chi connectivity index (χ1) is 13.1. The van der Waals surface area contributed by atoms with Crippen molar-refractivity contribution in [2.45, 2.75) is 19.3 Å². The van der Waals surface area contributed by atoms with Crippen LogP contribution in [-0.2, 0) is 4.79 Å². The monoisotopic (exact) mass is 427 g/mol. The maximum Gasteiger partial charge on any atom is 0.226 e. The Morgan fingerprint density at radius 2 is 2.07 bits per heavy atom. The Hall–Kier alpha value is -2.80. The number of nitrogens with zero attached hydrogens (tertiary/aromatic N) is 2. The highest BCUT2D eigenvalue weighted by molar-refractivity contribution is 9.10. The molecule has 3 aromatic rings. The predicted molar refractivity (Wildman–Crippen MR) is 106 cm³/mol. The minimum Gasteiger partial charge on any atom is -0.504 e. The zero-order chi connectivity index (χ0) is 19.0. The van der Waals surface area contributed by atoms with E-state index in [4.69, 9.17) is 4.74 Å². The number of amides is 1. The molecule has 0 aliphatic carbocycles. The molecule has 1 aromatic heterocycles. The van der Waals surface area contributed by atoms with Crippen molar-refractivity contribution in [3.05, 3.63) is 64.3 Å². The molecule has 138 valence electrons. The standard InChI is InChI=1S/C20H18BrN3O3/c1-2-27-18-9-12(3-8-17(18)25)15-10-19(26)23-20-16(15)11-22-24(20)14-6-4-13(21)5-7-14/h3-9,11,15,25H,2,10H2,1H3,(H,23,26)/t15-/m1/s1. The number of ether oxygens (including phenoxy) is 1. The van der Waals surface area contributed by atoms with Crippen LogP contribution in [0.1, 0.15) is 30.4 Å². The smallest absolute Gasteiger partial charge is 0.226 e. The summed E-state index contributed by atoms with van der Waals surface area (Å²) >= 11 is 3.43. The molecular formula is C20H18BrN3O3. The van der Waals surface area contributed by atoms with E-state index in [1.54, 1.807) is 23.0 Å². The van der Waals surface area contributed by atoms with Gasteiger partial charge in [0.15, 0.2) is 11.5 Å². The number of phenolic OH excluding ortho intramolecular Hbond substituents is 1. The van der Waals surface area contributed by atoms with Gasteiger partial charge in [0, 0.05) is 22.4 Å². The number of aromatic hydroxyl groups is 1. The van der Waals surface area contributed by atoms with Crippen LogP contribution in [0, 0.1) is 0 Å².